The van der Waals surface area contributed by atoms with Gasteiger partial charge in [0.25, 0.3) is 0 Å². The molecule has 0 aliphatic heterocycles. The Morgan fingerprint density at radius 3 is 2.85 bits per heavy atom. The molecule has 20 heavy (non-hydrogen) atoms. The fourth-order valence-electron chi connectivity index (χ4n) is 5.49. The molecule has 2 bridgehead atoms. The van der Waals surface area contributed by atoms with Crippen molar-refractivity contribution in [2.45, 2.75) is 71.9 Å². The van der Waals surface area contributed by atoms with Crippen LogP contribution in [0.1, 0.15) is 61.8 Å². The molecule has 1 heterocycles. The topological polar surface area (TPSA) is 12.0 Å². The third-order valence-corrected chi connectivity index (χ3v) is 7.78. The first-order valence-corrected chi connectivity index (χ1v) is 9.14. The second-order valence-corrected chi connectivity index (χ2v) is 9.47. The van der Waals surface area contributed by atoms with Gasteiger partial charge < -0.3 is 5.32 Å². The number of fused-ring (bicyclic) bond motifs is 3. The van der Waals surface area contributed by atoms with Gasteiger partial charge in [-0.05, 0) is 66.9 Å². The molecule has 1 unspecified atom stereocenters. The van der Waals surface area contributed by atoms with Crippen LogP contribution in [0.3, 0.4) is 0 Å². The van der Waals surface area contributed by atoms with Crippen LogP contribution in [0.25, 0.3) is 0 Å². The van der Waals surface area contributed by atoms with Crippen molar-refractivity contribution < 1.29 is 0 Å². The number of rotatable bonds is 3. The predicted molar refractivity (Wildman–Crippen MR) is 86.2 cm³/mol. The monoisotopic (exact) mass is 289 g/mol. The molecule has 4 rings (SSSR count). The summed E-state index contributed by atoms with van der Waals surface area (Å²) in [5.74, 6) is 0.943. The Morgan fingerprint density at radius 1 is 1.30 bits per heavy atom. The first-order valence-electron chi connectivity index (χ1n) is 8.33. The molecule has 0 radical (unpaired) electrons. The lowest BCUT2D eigenvalue weighted by Crippen LogP contribution is -2.49. The molecule has 2 fully saturated rings. The Bertz CT molecular complexity index is 503. The minimum absolute atomic E-state index is 0.479. The maximum absolute atomic E-state index is 3.96. The third-order valence-electron chi connectivity index (χ3n) is 6.55. The van der Waals surface area contributed by atoms with E-state index < -0.39 is 0 Å². The molecule has 1 aromatic rings. The van der Waals surface area contributed by atoms with Gasteiger partial charge in [0.2, 0.25) is 0 Å². The first kappa shape index (κ1) is 13.3. The van der Waals surface area contributed by atoms with Gasteiger partial charge in [0.1, 0.15) is 0 Å². The quantitative estimate of drug-likeness (QED) is 0.861. The highest BCUT2D eigenvalue weighted by Gasteiger charge is 2.58. The van der Waals surface area contributed by atoms with Crippen molar-refractivity contribution in [3.63, 3.8) is 0 Å². The van der Waals surface area contributed by atoms with E-state index >= 15 is 0 Å². The molecule has 0 saturated heterocycles. The first-order chi connectivity index (χ1) is 9.49. The summed E-state index contributed by atoms with van der Waals surface area (Å²) in [6.45, 7) is 8.60. The van der Waals surface area contributed by atoms with E-state index in [1.54, 1.807) is 15.3 Å². The van der Waals surface area contributed by atoms with E-state index in [0.29, 0.717) is 16.9 Å². The third kappa shape index (κ3) is 1.84. The number of hydrogen-bond donors (Lipinski definition) is 1. The fraction of sp³-hybridized carbons (Fsp3) is 0.778. The second kappa shape index (κ2) is 4.33. The van der Waals surface area contributed by atoms with Crippen molar-refractivity contribution in [1.29, 1.82) is 0 Å². The zero-order valence-electron chi connectivity index (χ0n) is 13.1. The van der Waals surface area contributed by atoms with E-state index in [2.05, 4.69) is 43.5 Å². The second-order valence-electron chi connectivity index (χ2n) is 8.24. The molecule has 3 aliphatic carbocycles. The summed E-state index contributed by atoms with van der Waals surface area (Å²) >= 11 is 2.06. The molecule has 0 spiro atoms. The lowest BCUT2D eigenvalue weighted by Gasteiger charge is -2.43. The van der Waals surface area contributed by atoms with Crippen molar-refractivity contribution >= 4 is 11.3 Å². The Morgan fingerprint density at radius 2 is 2.15 bits per heavy atom. The Labute approximate surface area is 127 Å². The summed E-state index contributed by atoms with van der Waals surface area (Å²) < 4.78 is 0. The predicted octanol–water partition coefficient (Wildman–Crippen LogP) is 4.54. The average molecular weight is 289 g/mol. The van der Waals surface area contributed by atoms with Gasteiger partial charge >= 0.3 is 0 Å². The number of nitrogens with one attached hydrogen (secondary N) is 1. The van der Waals surface area contributed by atoms with Crippen molar-refractivity contribution in [3.8, 4) is 0 Å². The Hall–Kier alpha value is -0.340. The van der Waals surface area contributed by atoms with E-state index in [9.17, 15) is 0 Å². The van der Waals surface area contributed by atoms with Crippen LogP contribution in [0, 0.1) is 16.7 Å². The summed E-state index contributed by atoms with van der Waals surface area (Å²) in [5.41, 5.74) is 2.67. The molecule has 1 nitrogen and oxygen atoms in total. The maximum Gasteiger partial charge on any atom is 0.0302 e. The van der Waals surface area contributed by atoms with Crippen LogP contribution in [0.2, 0.25) is 0 Å². The highest BCUT2D eigenvalue weighted by Crippen LogP contribution is 2.62. The normalized spacial score (nSPS) is 37.5. The molecular weight excluding hydrogens is 262 g/mol. The van der Waals surface area contributed by atoms with Crippen molar-refractivity contribution in [3.05, 3.63) is 21.4 Å². The van der Waals surface area contributed by atoms with Crippen LogP contribution in [0.4, 0.5) is 0 Å². The van der Waals surface area contributed by atoms with Crippen molar-refractivity contribution in [1.82, 2.24) is 5.32 Å². The van der Waals surface area contributed by atoms with E-state index in [1.807, 2.05) is 0 Å². The molecule has 1 aromatic heterocycles. The number of aryl methyl sites for hydroxylation is 2. The van der Waals surface area contributed by atoms with Gasteiger partial charge in [-0.3, -0.25) is 0 Å². The van der Waals surface area contributed by atoms with Crippen LogP contribution in [-0.2, 0) is 19.4 Å². The molecule has 2 heteroatoms. The largest absolute Gasteiger partial charge is 0.308 e. The van der Waals surface area contributed by atoms with E-state index in [0.717, 1.165) is 12.5 Å². The maximum atomic E-state index is 3.96. The molecule has 1 N–H and O–H groups in total. The highest BCUT2D eigenvalue weighted by molar-refractivity contribution is 7.12. The zero-order chi connectivity index (χ0) is 14.0. The minimum Gasteiger partial charge on any atom is -0.308 e. The summed E-state index contributed by atoms with van der Waals surface area (Å²) in [7, 11) is 0. The molecule has 0 amide bonds. The van der Waals surface area contributed by atoms with Crippen LogP contribution < -0.4 is 5.32 Å². The standard InChI is InChI=1S/C18H27NS/c1-17(2)13-7-8-18(3,10-13)16(17)19-11-14-9-12-5-4-6-15(12)20-14/h9,13,16,19H,4-8,10-11H2,1-3H3/t13-,16?,18+/m0/s1. The van der Waals surface area contributed by atoms with Gasteiger partial charge in [-0.2, -0.15) is 0 Å². The molecular formula is C18H27NS. The summed E-state index contributed by atoms with van der Waals surface area (Å²) in [5, 5.41) is 3.96. The van der Waals surface area contributed by atoms with Gasteiger partial charge in [-0.1, -0.05) is 20.8 Å². The molecule has 3 atom stereocenters. The SMILES string of the molecule is CC1(C)C(NCc2cc3c(s2)CCC3)[C@]2(C)CC[C@H]1C2. The summed E-state index contributed by atoms with van der Waals surface area (Å²) in [4.78, 5) is 3.23. The van der Waals surface area contributed by atoms with Gasteiger partial charge in [-0.15, -0.1) is 11.3 Å². The fourth-order valence-corrected chi connectivity index (χ4v) is 6.70. The molecule has 3 aliphatic rings. The highest BCUT2D eigenvalue weighted by atomic mass is 32.1. The molecule has 2 saturated carbocycles. The summed E-state index contributed by atoms with van der Waals surface area (Å²) in [6, 6.07) is 3.17. The van der Waals surface area contributed by atoms with Gasteiger partial charge in [0, 0.05) is 22.3 Å². The van der Waals surface area contributed by atoms with Crippen molar-refractivity contribution in [2.24, 2.45) is 16.7 Å². The van der Waals surface area contributed by atoms with Gasteiger partial charge in [0.05, 0.1) is 0 Å². The summed E-state index contributed by atoms with van der Waals surface area (Å²) in [6.07, 6.45) is 8.35. The van der Waals surface area contributed by atoms with E-state index in [-0.39, 0.29) is 0 Å². The smallest absolute Gasteiger partial charge is 0.0302 e. The number of thiophene rings is 1. The van der Waals surface area contributed by atoms with E-state index in [4.69, 9.17) is 0 Å². The average Bonchev–Trinajstić information content (AvgIpc) is 3.04. The Kier molecular flexibility index (Phi) is 2.89. The van der Waals surface area contributed by atoms with Gasteiger partial charge in [-0.25, -0.2) is 0 Å². The molecule has 0 aromatic carbocycles. The number of hydrogen-bond acceptors (Lipinski definition) is 2. The van der Waals surface area contributed by atoms with Crippen LogP contribution in [-0.4, -0.2) is 6.04 Å². The lowest BCUT2D eigenvalue weighted by molar-refractivity contribution is 0.108. The Balaban J connectivity index is 1.48. The van der Waals surface area contributed by atoms with Crippen LogP contribution in [0.15, 0.2) is 6.07 Å². The lowest BCUT2D eigenvalue weighted by atomic mass is 9.68. The van der Waals surface area contributed by atoms with Gasteiger partial charge in [0.15, 0.2) is 0 Å². The van der Waals surface area contributed by atoms with E-state index in [1.165, 1.54) is 38.5 Å². The molecule has 110 valence electrons. The van der Waals surface area contributed by atoms with Crippen LogP contribution >= 0.6 is 11.3 Å². The van der Waals surface area contributed by atoms with Crippen LogP contribution in [0.5, 0.6) is 0 Å². The van der Waals surface area contributed by atoms with Crippen molar-refractivity contribution in [2.75, 3.05) is 0 Å². The minimum atomic E-state index is 0.479. The zero-order valence-corrected chi connectivity index (χ0v) is 13.9.